The van der Waals surface area contributed by atoms with Crippen LogP contribution in [-0.2, 0) is 9.53 Å². The van der Waals surface area contributed by atoms with Crippen molar-refractivity contribution in [3.05, 3.63) is 54.6 Å². The van der Waals surface area contributed by atoms with Gasteiger partial charge in [-0.2, -0.15) is 0 Å². The third-order valence-electron chi connectivity index (χ3n) is 7.69. The van der Waals surface area contributed by atoms with E-state index >= 15 is 0 Å². The Morgan fingerprint density at radius 1 is 0.975 bits per heavy atom. The molecule has 0 spiro atoms. The van der Waals surface area contributed by atoms with E-state index in [2.05, 4.69) is 54.8 Å². The normalized spacial score (nSPS) is 14.8. The van der Waals surface area contributed by atoms with Gasteiger partial charge >= 0.3 is 5.97 Å². The highest BCUT2D eigenvalue weighted by Gasteiger charge is 2.48. The quantitative estimate of drug-likeness (QED) is 0.162. The Labute approximate surface area is 239 Å². The molecule has 0 aliphatic heterocycles. The monoisotopic (exact) mass is 551 g/mol. The van der Waals surface area contributed by atoms with Crippen LogP contribution in [-0.4, -0.2) is 46.0 Å². The predicted octanol–water partition coefficient (Wildman–Crippen LogP) is 6.21. The summed E-state index contributed by atoms with van der Waals surface area (Å²) in [5.74, 6) is 0.394. The molecule has 0 saturated heterocycles. The fourth-order valence-electron chi connectivity index (χ4n) is 5.23. The van der Waals surface area contributed by atoms with Crippen molar-refractivity contribution < 1.29 is 19.4 Å². The smallest absolute Gasteiger partial charge is 0.313 e. The molecule has 5 N–H and O–H groups in total. The van der Waals surface area contributed by atoms with E-state index in [9.17, 15) is 9.90 Å². The molecule has 1 aromatic heterocycles. The highest BCUT2D eigenvalue weighted by Crippen LogP contribution is 2.38. The number of fused-ring (bicyclic) bond motifs is 1. The highest BCUT2D eigenvalue weighted by atomic mass is 16.5. The van der Waals surface area contributed by atoms with Crippen LogP contribution in [0.1, 0.15) is 80.2 Å². The van der Waals surface area contributed by atoms with E-state index in [0.717, 1.165) is 16.7 Å². The number of nitrogens with two attached hydrogens (primary N) is 2. The standard InChI is InChI=1S/C33H49N3O4/c1-23(2)36-28(24-13-9-8-10-14-24)19-25-16-17-27(20-29(25)36)40-21-26(37)15-11-12-18-39-30(38)33(7,32(5,6)35)22-31(3,4)34/h8-10,13-14,16-17,19-20,23,26,37H,11-12,15,18,21-22,34-35H2,1-7H3. The topological polar surface area (TPSA) is 113 Å². The summed E-state index contributed by atoms with van der Waals surface area (Å²) in [7, 11) is 0. The molecule has 2 aromatic carbocycles. The molecular weight excluding hydrogens is 502 g/mol. The van der Waals surface area contributed by atoms with Gasteiger partial charge in [0.05, 0.1) is 23.6 Å². The number of aliphatic hydroxyl groups excluding tert-OH is 1. The molecule has 0 bridgehead atoms. The second kappa shape index (κ2) is 12.8. The average molecular weight is 552 g/mol. The van der Waals surface area contributed by atoms with E-state index in [0.29, 0.717) is 25.7 Å². The average Bonchev–Trinajstić information content (AvgIpc) is 3.25. The van der Waals surface area contributed by atoms with Crippen molar-refractivity contribution in [3.8, 4) is 17.0 Å². The maximum absolute atomic E-state index is 13.0. The minimum absolute atomic E-state index is 0.199. The first-order valence-electron chi connectivity index (χ1n) is 14.4. The van der Waals surface area contributed by atoms with Gasteiger partial charge < -0.3 is 30.6 Å². The van der Waals surface area contributed by atoms with Gasteiger partial charge in [0.15, 0.2) is 0 Å². The summed E-state index contributed by atoms with van der Waals surface area (Å²) in [6.45, 7) is 14.1. The zero-order valence-electron chi connectivity index (χ0n) is 25.4. The van der Waals surface area contributed by atoms with E-state index in [1.165, 1.54) is 11.3 Å². The maximum Gasteiger partial charge on any atom is 0.313 e. The van der Waals surface area contributed by atoms with E-state index in [-0.39, 0.29) is 25.2 Å². The number of esters is 1. The van der Waals surface area contributed by atoms with E-state index in [1.807, 2.05) is 52.8 Å². The molecule has 3 aromatic rings. The number of aliphatic hydroxyl groups is 1. The molecule has 2 atom stereocenters. The first kappa shape index (κ1) is 31.7. The van der Waals surface area contributed by atoms with Gasteiger partial charge in [0.1, 0.15) is 12.4 Å². The Morgan fingerprint density at radius 3 is 2.25 bits per heavy atom. The minimum atomic E-state index is -0.906. The number of carbonyl (C=O) groups excluding carboxylic acids is 1. The van der Waals surface area contributed by atoms with Crippen molar-refractivity contribution in [1.82, 2.24) is 4.57 Å². The molecule has 0 amide bonds. The number of nitrogens with zero attached hydrogens (tertiary/aromatic N) is 1. The van der Waals surface area contributed by atoms with Crippen LogP contribution in [0.4, 0.5) is 0 Å². The zero-order valence-corrected chi connectivity index (χ0v) is 25.4. The molecule has 0 radical (unpaired) electrons. The Bertz CT molecular complexity index is 1250. The lowest BCUT2D eigenvalue weighted by Crippen LogP contribution is -2.58. The van der Waals surface area contributed by atoms with Gasteiger partial charge in [-0.25, -0.2) is 0 Å². The molecule has 220 valence electrons. The number of carbonyl (C=O) groups is 1. The summed E-state index contributed by atoms with van der Waals surface area (Å²) >= 11 is 0. The Kier molecular flexibility index (Phi) is 10.1. The van der Waals surface area contributed by atoms with Gasteiger partial charge in [-0.1, -0.05) is 30.3 Å². The van der Waals surface area contributed by atoms with Gasteiger partial charge in [-0.3, -0.25) is 4.79 Å². The van der Waals surface area contributed by atoms with Crippen molar-refractivity contribution in [2.45, 2.75) is 97.4 Å². The van der Waals surface area contributed by atoms with E-state index < -0.39 is 22.6 Å². The molecule has 7 nitrogen and oxygen atoms in total. The predicted molar refractivity (Wildman–Crippen MR) is 163 cm³/mol. The summed E-state index contributed by atoms with van der Waals surface area (Å²) in [4.78, 5) is 13.0. The first-order valence-corrected chi connectivity index (χ1v) is 14.4. The second-order valence-corrected chi connectivity index (χ2v) is 12.9. The van der Waals surface area contributed by atoms with Gasteiger partial charge in [-0.05, 0) is 97.9 Å². The van der Waals surface area contributed by atoms with Crippen LogP contribution >= 0.6 is 0 Å². The Balaban J connectivity index is 1.51. The SMILES string of the molecule is CC(C)n1c(-c2ccccc2)cc2ccc(OCC(O)CCCCOC(=O)C(C)(CC(C)(C)N)C(C)(C)N)cc21. The number of hydrogen-bond acceptors (Lipinski definition) is 6. The fraction of sp³-hybridized carbons (Fsp3) is 0.545. The largest absolute Gasteiger partial charge is 0.491 e. The van der Waals surface area contributed by atoms with E-state index in [1.54, 1.807) is 0 Å². The zero-order chi connectivity index (χ0) is 29.7. The van der Waals surface area contributed by atoms with Gasteiger partial charge in [-0.15, -0.1) is 0 Å². The highest BCUT2D eigenvalue weighted by molar-refractivity contribution is 5.88. The third-order valence-corrected chi connectivity index (χ3v) is 7.69. The summed E-state index contributed by atoms with van der Waals surface area (Å²) < 4.78 is 13.9. The number of ether oxygens (including phenoxy) is 2. The van der Waals surface area contributed by atoms with Crippen molar-refractivity contribution in [3.63, 3.8) is 0 Å². The van der Waals surface area contributed by atoms with Crippen molar-refractivity contribution in [2.75, 3.05) is 13.2 Å². The molecule has 0 aliphatic carbocycles. The number of benzene rings is 2. The molecule has 0 fully saturated rings. The molecule has 0 aliphatic rings. The van der Waals surface area contributed by atoms with Crippen molar-refractivity contribution in [1.29, 1.82) is 0 Å². The summed E-state index contributed by atoms with van der Waals surface area (Å²) in [6, 6.07) is 18.9. The Morgan fingerprint density at radius 2 is 1.65 bits per heavy atom. The summed E-state index contributed by atoms with van der Waals surface area (Å²) in [6.07, 6.45) is 1.70. The number of unbranched alkanes of at least 4 members (excludes halogenated alkanes) is 1. The van der Waals surface area contributed by atoms with Crippen LogP contribution < -0.4 is 16.2 Å². The lowest BCUT2D eigenvalue weighted by atomic mass is 9.67. The van der Waals surface area contributed by atoms with Gasteiger partial charge in [0.2, 0.25) is 0 Å². The molecule has 0 saturated carbocycles. The Hall–Kier alpha value is -2.87. The number of aromatic nitrogens is 1. The van der Waals surface area contributed by atoms with E-state index in [4.69, 9.17) is 20.9 Å². The fourth-order valence-corrected chi connectivity index (χ4v) is 5.23. The van der Waals surface area contributed by atoms with Crippen LogP contribution in [0.3, 0.4) is 0 Å². The molecule has 40 heavy (non-hydrogen) atoms. The van der Waals surface area contributed by atoms with Crippen LogP contribution in [0.15, 0.2) is 54.6 Å². The van der Waals surface area contributed by atoms with Crippen molar-refractivity contribution >= 4 is 16.9 Å². The third kappa shape index (κ3) is 7.87. The summed E-state index contributed by atoms with van der Waals surface area (Å²) in [5, 5.41) is 11.7. The molecular formula is C33H49N3O4. The van der Waals surface area contributed by atoms with Gasteiger partial charge in [0.25, 0.3) is 0 Å². The molecule has 2 unspecified atom stereocenters. The maximum atomic E-state index is 13.0. The molecule has 1 heterocycles. The van der Waals surface area contributed by atoms with Crippen LogP contribution in [0, 0.1) is 5.41 Å². The first-order chi connectivity index (χ1) is 18.6. The van der Waals surface area contributed by atoms with Crippen LogP contribution in [0.2, 0.25) is 0 Å². The number of hydrogen-bond donors (Lipinski definition) is 3. The van der Waals surface area contributed by atoms with Gasteiger partial charge in [0, 0.05) is 34.3 Å². The van der Waals surface area contributed by atoms with Crippen LogP contribution in [0.5, 0.6) is 5.75 Å². The summed E-state index contributed by atoms with van der Waals surface area (Å²) in [5.41, 5.74) is 13.8. The van der Waals surface area contributed by atoms with Crippen molar-refractivity contribution in [2.24, 2.45) is 16.9 Å². The van der Waals surface area contributed by atoms with Crippen LogP contribution in [0.25, 0.3) is 22.2 Å². The molecule has 3 rings (SSSR count). The number of rotatable bonds is 14. The lowest BCUT2D eigenvalue weighted by Gasteiger charge is -2.42. The minimum Gasteiger partial charge on any atom is -0.491 e. The second-order valence-electron chi connectivity index (χ2n) is 12.9. The molecule has 7 heteroatoms. The lowest BCUT2D eigenvalue weighted by molar-refractivity contribution is -0.160.